The first-order valence-electron chi connectivity index (χ1n) is 7.51. The van der Waals surface area contributed by atoms with Crippen LogP contribution in [0.4, 0.5) is 0 Å². The molecule has 0 spiro atoms. The van der Waals surface area contributed by atoms with E-state index >= 15 is 0 Å². The molecule has 0 aliphatic rings. The maximum Gasteiger partial charge on any atom is 0.334 e. The monoisotopic (exact) mass is 328 g/mol. The minimum absolute atomic E-state index is 0.180. The van der Waals surface area contributed by atoms with Crippen LogP contribution < -0.4 is 11.1 Å². The third kappa shape index (κ3) is 4.18. The number of benzene rings is 2. The number of rotatable bonds is 7. The van der Waals surface area contributed by atoms with Crippen molar-refractivity contribution in [3.05, 3.63) is 71.3 Å². The lowest BCUT2D eigenvalue weighted by Crippen LogP contribution is -2.38. The van der Waals surface area contributed by atoms with Crippen LogP contribution in [0.3, 0.4) is 0 Å². The number of carbonyl (C=O) groups is 2. The van der Waals surface area contributed by atoms with Crippen LogP contribution in [-0.4, -0.2) is 28.2 Å². The number of aliphatic hydroxyl groups is 1. The summed E-state index contributed by atoms with van der Waals surface area (Å²) in [4.78, 5) is 22.4. The van der Waals surface area contributed by atoms with E-state index in [4.69, 9.17) is 5.73 Å². The maximum atomic E-state index is 11.2. The first-order chi connectivity index (χ1) is 11.4. The minimum Gasteiger partial charge on any atom is -0.479 e. The van der Waals surface area contributed by atoms with Crippen molar-refractivity contribution in [2.24, 2.45) is 5.73 Å². The maximum absolute atomic E-state index is 11.2. The van der Waals surface area contributed by atoms with Crippen LogP contribution in [0, 0.1) is 0 Å². The van der Waals surface area contributed by atoms with Gasteiger partial charge >= 0.3 is 5.97 Å². The van der Waals surface area contributed by atoms with Crippen LogP contribution in [0.1, 0.15) is 40.5 Å². The van der Waals surface area contributed by atoms with Gasteiger partial charge in [-0.3, -0.25) is 4.79 Å². The highest BCUT2D eigenvalue weighted by atomic mass is 16.4. The van der Waals surface area contributed by atoms with Crippen molar-refractivity contribution in [1.29, 1.82) is 0 Å². The van der Waals surface area contributed by atoms with Gasteiger partial charge in [-0.25, -0.2) is 4.79 Å². The SMILES string of the molecule is C[C@H](N[C@@H](c1ccc(C(N)=O)cc1)[C@@H](O)C(=O)O)c1ccccc1. The van der Waals surface area contributed by atoms with Crippen LogP contribution >= 0.6 is 0 Å². The van der Waals surface area contributed by atoms with Gasteiger partial charge < -0.3 is 21.3 Å². The second kappa shape index (κ2) is 7.72. The van der Waals surface area contributed by atoms with Crippen molar-refractivity contribution >= 4 is 11.9 Å². The molecule has 2 rings (SSSR count). The standard InChI is InChI=1S/C18H20N2O4/c1-11(12-5-3-2-4-6-12)20-15(16(21)18(23)24)13-7-9-14(10-8-13)17(19)22/h2-11,15-16,20-21H,1H3,(H2,19,22)(H,23,24)/t11-,15-,16+/m0/s1. The van der Waals surface area contributed by atoms with Crippen LogP contribution in [0.15, 0.2) is 54.6 Å². The van der Waals surface area contributed by atoms with Gasteiger partial charge in [0.25, 0.3) is 0 Å². The van der Waals surface area contributed by atoms with Crippen LogP contribution in [0.25, 0.3) is 0 Å². The molecule has 0 aliphatic heterocycles. The summed E-state index contributed by atoms with van der Waals surface area (Å²) in [6.45, 7) is 1.88. The highest BCUT2D eigenvalue weighted by molar-refractivity contribution is 5.92. The number of aliphatic hydroxyl groups excluding tert-OH is 1. The number of nitrogens with one attached hydrogen (secondary N) is 1. The first-order valence-corrected chi connectivity index (χ1v) is 7.51. The fourth-order valence-corrected chi connectivity index (χ4v) is 2.47. The Bertz CT molecular complexity index is 701. The van der Waals surface area contributed by atoms with Gasteiger partial charge in [-0.1, -0.05) is 42.5 Å². The largest absolute Gasteiger partial charge is 0.479 e. The van der Waals surface area contributed by atoms with Crippen molar-refractivity contribution in [2.75, 3.05) is 0 Å². The van der Waals surface area contributed by atoms with Gasteiger partial charge in [0, 0.05) is 11.6 Å². The fraction of sp³-hybridized carbons (Fsp3) is 0.222. The Kier molecular flexibility index (Phi) is 5.68. The lowest BCUT2D eigenvalue weighted by molar-refractivity contribution is -0.148. The molecule has 2 aromatic rings. The third-order valence-electron chi connectivity index (χ3n) is 3.85. The summed E-state index contributed by atoms with van der Waals surface area (Å²) in [5, 5.41) is 22.4. The molecule has 0 aliphatic carbocycles. The van der Waals surface area contributed by atoms with E-state index in [1.165, 1.54) is 12.1 Å². The number of aliphatic carboxylic acids is 1. The van der Waals surface area contributed by atoms with Gasteiger partial charge in [-0.05, 0) is 30.2 Å². The van der Waals surface area contributed by atoms with Crippen molar-refractivity contribution in [2.45, 2.75) is 25.1 Å². The molecule has 2 aromatic carbocycles. The average molecular weight is 328 g/mol. The van der Waals surface area contributed by atoms with E-state index in [1.54, 1.807) is 12.1 Å². The zero-order valence-corrected chi connectivity index (χ0v) is 13.2. The quantitative estimate of drug-likeness (QED) is 0.617. The topological polar surface area (TPSA) is 113 Å². The van der Waals surface area contributed by atoms with E-state index in [9.17, 15) is 19.8 Å². The molecule has 0 fully saturated rings. The zero-order valence-electron chi connectivity index (χ0n) is 13.2. The number of carboxylic acids is 1. The van der Waals surface area contributed by atoms with Gasteiger partial charge in [0.05, 0.1) is 6.04 Å². The molecule has 126 valence electrons. The van der Waals surface area contributed by atoms with Gasteiger partial charge in [-0.15, -0.1) is 0 Å². The number of hydrogen-bond donors (Lipinski definition) is 4. The number of amides is 1. The Morgan fingerprint density at radius 2 is 1.58 bits per heavy atom. The lowest BCUT2D eigenvalue weighted by Gasteiger charge is -2.26. The van der Waals surface area contributed by atoms with Crippen LogP contribution in [-0.2, 0) is 4.79 Å². The summed E-state index contributed by atoms with van der Waals surface area (Å²) in [5.41, 5.74) is 7.04. The molecule has 0 bridgehead atoms. The lowest BCUT2D eigenvalue weighted by atomic mass is 9.97. The van der Waals surface area contributed by atoms with Crippen molar-refractivity contribution in [3.8, 4) is 0 Å². The molecular weight excluding hydrogens is 308 g/mol. The molecule has 6 heteroatoms. The molecule has 0 saturated heterocycles. The average Bonchev–Trinajstić information content (AvgIpc) is 2.59. The van der Waals surface area contributed by atoms with E-state index in [-0.39, 0.29) is 6.04 Å². The molecular formula is C18H20N2O4. The summed E-state index contributed by atoms with van der Waals surface area (Å²) < 4.78 is 0. The predicted octanol–water partition coefficient (Wildman–Crippen LogP) is 1.62. The summed E-state index contributed by atoms with van der Waals surface area (Å²) in [6.07, 6.45) is -1.63. The number of carbonyl (C=O) groups excluding carboxylic acids is 1. The van der Waals surface area contributed by atoms with Gasteiger partial charge in [0.1, 0.15) is 0 Å². The molecule has 24 heavy (non-hydrogen) atoms. The fourth-order valence-electron chi connectivity index (χ4n) is 2.47. The Hall–Kier alpha value is -2.70. The number of carboxylic acid groups (broad SMARTS) is 1. The molecule has 0 heterocycles. The second-order valence-corrected chi connectivity index (χ2v) is 5.55. The summed E-state index contributed by atoms with van der Waals surface area (Å²) in [7, 11) is 0. The van der Waals surface area contributed by atoms with E-state index in [1.807, 2.05) is 37.3 Å². The summed E-state index contributed by atoms with van der Waals surface area (Å²) >= 11 is 0. The number of nitrogens with two attached hydrogens (primary N) is 1. The number of hydrogen-bond acceptors (Lipinski definition) is 4. The Morgan fingerprint density at radius 3 is 2.08 bits per heavy atom. The Labute approximate surface area is 139 Å². The molecule has 0 unspecified atom stereocenters. The minimum atomic E-state index is -1.63. The number of primary amides is 1. The molecule has 6 nitrogen and oxygen atoms in total. The van der Waals surface area contributed by atoms with Crippen molar-refractivity contribution in [3.63, 3.8) is 0 Å². The summed E-state index contributed by atoms with van der Waals surface area (Å²) in [5.74, 6) is -1.89. The molecule has 0 radical (unpaired) electrons. The van der Waals surface area contributed by atoms with E-state index in [0.717, 1.165) is 5.56 Å². The Morgan fingerprint density at radius 1 is 1.00 bits per heavy atom. The van der Waals surface area contributed by atoms with E-state index in [0.29, 0.717) is 11.1 Å². The smallest absolute Gasteiger partial charge is 0.334 e. The molecule has 0 saturated carbocycles. The molecule has 1 amide bonds. The molecule has 3 atom stereocenters. The zero-order chi connectivity index (χ0) is 17.7. The first kappa shape index (κ1) is 17.7. The second-order valence-electron chi connectivity index (χ2n) is 5.55. The summed E-state index contributed by atoms with van der Waals surface area (Å²) in [6, 6.07) is 14.7. The normalized spacial score (nSPS) is 14.6. The molecule has 0 aromatic heterocycles. The highest BCUT2D eigenvalue weighted by Gasteiger charge is 2.28. The van der Waals surface area contributed by atoms with Gasteiger partial charge in [0.15, 0.2) is 6.10 Å². The van der Waals surface area contributed by atoms with Gasteiger partial charge in [0.2, 0.25) is 5.91 Å². The molecule has 5 N–H and O–H groups in total. The van der Waals surface area contributed by atoms with E-state index < -0.39 is 24.0 Å². The van der Waals surface area contributed by atoms with Crippen LogP contribution in [0.5, 0.6) is 0 Å². The predicted molar refractivity (Wildman–Crippen MR) is 89.3 cm³/mol. The third-order valence-corrected chi connectivity index (χ3v) is 3.85. The van der Waals surface area contributed by atoms with Crippen molar-refractivity contribution in [1.82, 2.24) is 5.32 Å². The Balaban J connectivity index is 2.27. The van der Waals surface area contributed by atoms with Crippen molar-refractivity contribution < 1.29 is 19.8 Å². The van der Waals surface area contributed by atoms with E-state index in [2.05, 4.69) is 5.32 Å². The van der Waals surface area contributed by atoms with Crippen LogP contribution in [0.2, 0.25) is 0 Å². The highest BCUT2D eigenvalue weighted by Crippen LogP contribution is 2.23. The van der Waals surface area contributed by atoms with Gasteiger partial charge in [-0.2, -0.15) is 0 Å².